The second-order valence-electron chi connectivity index (χ2n) is 6.82. The van der Waals surface area contributed by atoms with Crippen LogP contribution >= 0.6 is 0 Å². The van der Waals surface area contributed by atoms with Gasteiger partial charge in [-0.25, -0.2) is 9.36 Å². The van der Waals surface area contributed by atoms with E-state index in [0.717, 1.165) is 11.4 Å². The fraction of sp³-hybridized carbons (Fsp3) is 0.500. The number of carbonyl (C=O) groups is 2. The third-order valence-electron chi connectivity index (χ3n) is 4.80. The van der Waals surface area contributed by atoms with Crippen LogP contribution in [-0.2, 0) is 9.59 Å². The highest BCUT2D eigenvalue weighted by molar-refractivity contribution is 5.80. The highest BCUT2D eigenvalue weighted by Crippen LogP contribution is 2.13. The second-order valence-corrected chi connectivity index (χ2v) is 6.82. The lowest BCUT2D eigenvalue weighted by Crippen LogP contribution is -2.52. The maximum absolute atomic E-state index is 12.8. The lowest BCUT2D eigenvalue weighted by molar-refractivity contribution is -0.140. The normalized spacial score (nSPS) is 15.7. The highest BCUT2D eigenvalue weighted by atomic mass is 16.2. The predicted molar refractivity (Wildman–Crippen MR) is 98.6 cm³/mol. The molecule has 9 nitrogen and oxygen atoms in total. The molecule has 1 atom stereocenters. The largest absolute Gasteiger partial charge is 0.339 e. The van der Waals surface area contributed by atoms with Crippen molar-refractivity contribution in [2.24, 2.45) is 0 Å². The van der Waals surface area contributed by atoms with Gasteiger partial charge in [0.05, 0.1) is 5.69 Å². The van der Waals surface area contributed by atoms with Crippen LogP contribution in [-0.4, -0.2) is 67.4 Å². The average molecular weight is 372 g/mol. The molecule has 2 aromatic rings. The Morgan fingerprint density at radius 2 is 1.67 bits per heavy atom. The lowest BCUT2D eigenvalue weighted by Gasteiger charge is -2.35. The van der Waals surface area contributed by atoms with Gasteiger partial charge in [-0.1, -0.05) is 0 Å². The molecule has 1 aliphatic heterocycles. The minimum absolute atomic E-state index is 0.00520. The van der Waals surface area contributed by atoms with Crippen molar-refractivity contribution in [1.29, 1.82) is 0 Å². The average Bonchev–Trinajstić information content (AvgIpc) is 2.99. The SMILES string of the molecule is CC(=O)N1CCN(C(=O)C(C)n2nc(-n3nc(C)cc3C)ccc2=O)CC1. The molecule has 1 aliphatic rings. The molecular weight excluding hydrogens is 348 g/mol. The van der Waals surface area contributed by atoms with Gasteiger partial charge in [0.15, 0.2) is 5.82 Å². The van der Waals surface area contributed by atoms with E-state index < -0.39 is 6.04 Å². The molecule has 2 aromatic heterocycles. The number of rotatable bonds is 3. The van der Waals surface area contributed by atoms with E-state index in [9.17, 15) is 14.4 Å². The zero-order valence-electron chi connectivity index (χ0n) is 16.0. The van der Waals surface area contributed by atoms with Crippen LogP contribution in [0.3, 0.4) is 0 Å². The topological polar surface area (TPSA) is 93.3 Å². The molecule has 0 radical (unpaired) electrons. The van der Waals surface area contributed by atoms with Gasteiger partial charge in [-0.2, -0.15) is 5.10 Å². The summed E-state index contributed by atoms with van der Waals surface area (Å²) in [5.74, 6) is 0.310. The van der Waals surface area contributed by atoms with Crippen LogP contribution in [0.15, 0.2) is 23.0 Å². The monoisotopic (exact) mass is 372 g/mol. The summed E-state index contributed by atoms with van der Waals surface area (Å²) in [4.78, 5) is 40.0. The van der Waals surface area contributed by atoms with E-state index in [1.165, 1.54) is 17.7 Å². The number of carbonyl (C=O) groups excluding carboxylic acids is 2. The molecule has 2 amide bonds. The summed E-state index contributed by atoms with van der Waals surface area (Å²) in [7, 11) is 0. The van der Waals surface area contributed by atoms with Crippen LogP contribution in [0.1, 0.15) is 31.3 Å². The molecule has 0 saturated carbocycles. The molecule has 0 bridgehead atoms. The third kappa shape index (κ3) is 3.76. The summed E-state index contributed by atoms with van der Waals surface area (Å²) in [6, 6.07) is 4.18. The van der Waals surface area contributed by atoms with Crippen molar-refractivity contribution < 1.29 is 9.59 Å². The van der Waals surface area contributed by atoms with Crippen molar-refractivity contribution in [2.45, 2.75) is 33.7 Å². The maximum Gasteiger partial charge on any atom is 0.267 e. The van der Waals surface area contributed by atoms with Crippen LogP contribution in [0.4, 0.5) is 0 Å². The van der Waals surface area contributed by atoms with Crippen LogP contribution in [0, 0.1) is 13.8 Å². The Bertz CT molecular complexity index is 923. The van der Waals surface area contributed by atoms with Gasteiger partial charge in [0.1, 0.15) is 6.04 Å². The molecule has 0 aromatic carbocycles. The van der Waals surface area contributed by atoms with Gasteiger partial charge in [-0.05, 0) is 32.9 Å². The zero-order valence-corrected chi connectivity index (χ0v) is 16.0. The van der Waals surface area contributed by atoms with Gasteiger partial charge < -0.3 is 9.80 Å². The molecular formula is C18H24N6O3. The number of hydrogen-bond donors (Lipinski definition) is 0. The first-order valence-corrected chi connectivity index (χ1v) is 8.95. The molecule has 3 rings (SSSR count). The number of aryl methyl sites for hydroxylation is 2. The molecule has 1 unspecified atom stereocenters. The molecule has 27 heavy (non-hydrogen) atoms. The van der Waals surface area contributed by atoms with E-state index in [-0.39, 0.29) is 17.4 Å². The Kier molecular flexibility index (Phi) is 5.11. The molecule has 9 heteroatoms. The van der Waals surface area contributed by atoms with Gasteiger partial charge in [0, 0.05) is 44.9 Å². The summed E-state index contributed by atoms with van der Waals surface area (Å²) in [6.45, 7) is 8.88. The standard InChI is InChI=1S/C18H24N6O3/c1-12-11-13(2)23(19-12)16-5-6-17(26)24(20-16)14(3)18(27)22-9-7-21(8-10-22)15(4)25/h5-6,11,14H,7-10H2,1-4H3. The van der Waals surface area contributed by atoms with Gasteiger partial charge >= 0.3 is 0 Å². The zero-order chi connectivity index (χ0) is 19.7. The van der Waals surface area contributed by atoms with Crippen LogP contribution in [0.25, 0.3) is 5.82 Å². The Balaban J connectivity index is 1.82. The van der Waals surface area contributed by atoms with Crippen LogP contribution in [0.2, 0.25) is 0 Å². The smallest absolute Gasteiger partial charge is 0.267 e. The summed E-state index contributed by atoms with van der Waals surface area (Å²) < 4.78 is 2.85. The van der Waals surface area contributed by atoms with Gasteiger partial charge in [-0.3, -0.25) is 14.4 Å². The summed E-state index contributed by atoms with van der Waals surface area (Å²) >= 11 is 0. The highest BCUT2D eigenvalue weighted by Gasteiger charge is 2.28. The maximum atomic E-state index is 12.8. The first-order valence-electron chi connectivity index (χ1n) is 8.95. The van der Waals surface area contributed by atoms with Gasteiger partial charge in [0.25, 0.3) is 5.56 Å². The summed E-state index contributed by atoms with van der Waals surface area (Å²) in [5, 5.41) is 8.74. The van der Waals surface area contributed by atoms with Crippen molar-refractivity contribution >= 4 is 11.8 Å². The quantitative estimate of drug-likeness (QED) is 0.772. The minimum atomic E-state index is -0.738. The molecule has 3 heterocycles. The third-order valence-corrected chi connectivity index (χ3v) is 4.80. The van der Waals surface area contributed by atoms with Crippen molar-refractivity contribution in [3.05, 3.63) is 39.9 Å². The number of amides is 2. The molecule has 0 spiro atoms. The first kappa shape index (κ1) is 18.8. The van der Waals surface area contributed by atoms with Crippen molar-refractivity contribution in [2.75, 3.05) is 26.2 Å². The molecule has 1 fully saturated rings. The Morgan fingerprint density at radius 1 is 1.04 bits per heavy atom. The number of piperazine rings is 1. The molecule has 0 N–H and O–H groups in total. The van der Waals surface area contributed by atoms with Crippen LogP contribution in [0.5, 0.6) is 0 Å². The van der Waals surface area contributed by atoms with E-state index in [1.807, 2.05) is 19.9 Å². The van der Waals surface area contributed by atoms with Crippen LogP contribution < -0.4 is 5.56 Å². The minimum Gasteiger partial charge on any atom is -0.339 e. The first-order chi connectivity index (χ1) is 12.8. The van der Waals surface area contributed by atoms with E-state index in [1.54, 1.807) is 27.5 Å². The fourth-order valence-corrected chi connectivity index (χ4v) is 3.28. The molecule has 0 aliphatic carbocycles. The summed E-state index contributed by atoms with van der Waals surface area (Å²) in [5.41, 5.74) is 1.40. The summed E-state index contributed by atoms with van der Waals surface area (Å²) in [6.07, 6.45) is 0. The second kappa shape index (κ2) is 7.34. The number of nitrogens with zero attached hydrogens (tertiary/aromatic N) is 6. The predicted octanol–water partition coefficient (Wildman–Crippen LogP) is 0.298. The van der Waals surface area contributed by atoms with Gasteiger partial charge in [0.2, 0.25) is 11.8 Å². The number of hydrogen-bond acceptors (Lipinski definition) is 5. The van der Waals surface area contributed by atoms with Crippen molar-refractivity contribution in [1.82, 2.24) is 29.4 Å². The van der Waals surface area contributed by atoms with Crippen molar-refractivity contribution in [3.8, 4) is 5.82 Å². The van der Waals surface area contributed by atoms with Crippen molar-refractivity contribution in [3.63, 3.8) is 0 Å². The van der Waals surface area contributed by atoms with E-state index in [0.29, 0.717) is 32.0 Å². The van der Waals surface area contributed by atoms with E-state index in [2.05, 4.69) is 10.2 Å². The Morgan fingerprint density at radius 3 is 2.22 bits per heavy atom. The molecule has 1 saturated heterocycles. The Labute approximate surface area is 157 Å². The lowest BCUT2D eigenvalue weighted by atomic mass is 10.2. The fourth-order valence-electron chi connectivity index (χ4n) is 3.28. The van der Waals surface area contributed by atoms with Gasteiger partial charge in [-0.15, -0.1) is 5.10 Å². The van der Waals surface area contributed by atoms with E-state index in [4.69, 9.17) is 0 Å². The number of aromatic nitrogens is 4. The Hall–Kier alpha value is -2.97. The van der Waals surface area contributed by atoms with E-state index >= 15 is 0 Å². The molecule has 144 valence electrons.